The Morgan fingerprint density at radius 2 is 1.41 bits per heavy atom. The number of nitrogens with one attached hydrogen (secondary N) is 1. The summed E-state index contributed by atoms with van der Waals surface area (Å²) in [5, 5.41) is 11.1. The molecule has 0 saturated heterocycles. The maximum atomic E-state index is 14.3. The number of amides is 2. The van der Waals surface area contributed by atoms with E-state index in [-0.39, 0.29) is 30.1 Å². The normalized spacial score (nSPS) is 14.1. The molecule has 0 fully saturated rings. The molecule has 2 N–H and O–H groups in total. The minimum absolute atomic E-state index is 0.0997. The van der Waals surface area contributed by atoms with E-state index in [9.17, 15) is 40.3 Å². The summed E-state index contributed by atoms with van der Waals surface area (Å²) in [6.07, 6.45) is -4.24. The molecule has 32 heavy (non-hydrogen) atoms. The van der Waals surface area contributed by atoms with Gasteiger partial charge in [0.15, 0.2) is 34.8 Å². The third-order valence-corrected chi connectivity index (χ3v) is 4.14. The molecule has 0 spiro atoms. The number of alkyl halides is 3. The highest BCUT2D eigenvalue weighted by molar-refractivity contribution is 6.17. The second kappa shape index (κ2) is 8.49. The molecule has 1 aliphatic rings. The number of anilines is 1. The summed E-state index contributed by atoms with van der Waals surface area (Å²) < 4.78 is 98.8. The van der Waals surface area contributed by atoms with E-state index in [1.54, 1.807) is 0 Å². The van der Waals surface area contributed by atoms with Gasteiger partial charge >= 0.3 is 6.18 Å². The Labute approximate surface area is 174 Å². The van der Waals surface area contributed by atoms with Gasteiger partial charge in [0.1, 0.15) is 5.70 Å². The zero-order valence-electron chi connectivity index (χ0n) is 15.6. The van der Waals surface area contributed by atoms with E-state index >= 15 is 0 Å². The topological polar surface area (TPSA) is 78.9 Å². The molecule has 2 amide bonds. The van der Waals surface area contributed by atoms with Crippen LogP contribution in [0.3, 0.4) is 0 Å². The van der Waals surface area contributed by atoms with E-state index in [0.717, 1.165) is 6.08 Å². The summed E-state index contributed by atoms with van der Waals surface area (Å²) in [6.45, 7) is -0.815. The van der Waals surface area contributed by atoms with Gasteiger partial charge in [0.25, 0.3) is 11.8 Å². The van der Waals surface area contributed by atoms with Crippen molar-refractivity contribution in [2.45, 2.75) is 6.18 Å². The van der Waals surface area contributed by atoms with Crippen LogP contribution in [0.2, 0.25) is 0 Å². The van der Waals surface area contributed by atoms with Crippen molar-refractivity contribution in [1.82, 2.24) is 4.90 Å². The molecule has 0 unspecified atom stereocenters. The summed E-state index contributed by atoms with van der Waals surface area (Å²) in [5.41, 5.74) is -2.42. The number of imide groups is 1. The SMILES string of the molecule is O=C1C=C(Nc2cc(F)c(Oc3c(F)cc(C(F)(F)F)cc3F)c(F)c2)C(=O)N1CCO. The minimum Gasteiger partial charge on any atom is -0.445 e. The van der Waals surface area contributed by atoms with Gasteiger partial charge in [-0.15, -0.1) is 0 Å². The lowest BCUT2D eigenvalue weighted by Crippen LogP contribution is -2.34. The molecule has 13 heteroatoms. The fraction of sp³-hybridized carbons (Fsp3) is 0.158. The Hall–Kier alpha value is -3.61. The van der Waals surface area contributed by atoms with Crippen molar-refractivity contribution in [3.63, 3.8) is 0 Å². The van der Waals surface area contributed by atoms with Crippen LogP contribution in [0.5, 0.6) is 11.5 Å². The standard InChI is InChI=1S/C19H11F7N2O4/c20-10-3-8(19(24,25)26)4-11(21)16(10)32-17-12(22)5-9(6-13(17)23)27-14-7-15(30)28(1-2-29)18(14)31/h3-7,27,29H,1-2H2. The second-order valence-electron chi connectivity index (χ2n) is 6.34. The minimum atomic E-state index is -5.06. The highest BCUT2D eigenvalue weighted by Crippen LogP contribution is 2.37. The smallest absolute Gasteiger partial charge is 0.416 e. The lowest BCUT2D eigenvalue weighted by atomic mass is 10.2. The molecule has 2 aromatic rings. The van der Waals surface area contributed by atoms with Gasteiger partial charge in [0.05, 0.1) is 18.7 Å². The van der Waals surface area contributed by atoms with Gasteiger partial charge in [-0.25, -0.2) is 17.6 Å². The predicted octanol–water partition coefficient (Wildman–Crippen LogP) is 3.71. The largest absolute Gasteiger partial charge is 0.445 e. The zero-order valence-corrected chi connectivity index (χ0v) is 15.6. The van der Waals surface area contributed by atoms with Crippen LogP contribution in [0.25, 0.3) is 0 Å². The molecule has 6 nitrogen and oxygen atoms in total. The lowest BCUT2D eigenvalue weighted by Gasteiger charge is -2.15. The molecule has 3 rings (SSSR count). The molecule has 0 aromatic heterocycles. The molecular weight excluding hydrogens is 453 g/mol. The Kier molecular flexibility index (Phi) is 6.12. The highest BCUT2D eigenvalue weighted by atomic mass is 19.4. The first-order valence-electron chi connectivity index (χ1n) is 8.61. The molecule has 170 valence electrons. The maximum Gasteiger partial charge on any atom is 0.416 e. The summed E-state index contributed by atoms with van der Waals surface area (Å²) in [6, 6.07) is 0.923. The van der Waals surface area contributed by atoms with Crippen molar-refractivity contribution in [3.05, 3.63) is 64.9 Å². The van der Waals surface area contributed by atoms with Crippen LogP contribution in [0, 0.1) is 23.3 Å². The number of aliphatic hydroxyl groups is 1. The number of carbonyl (C=O) groups is 2. The first kappa shape index (κ1) is 23.1. The van der Waals surface area contributed by atoms with E-state index in [2.05, 4.69) is 10.1 Å². The van der Waals surface area contributed by atoms with Gasteiger partial charge in [-0.1, -0.05) is 0 Å². The van der Waals surface area contributed by atoms with Crippen LogP contribution in [-0.2, 0) is 15.8 Å². The Morgan fingerprint density at radius 3 is 1.88 bits per heavy atom. The second-order valence-corrected chi connectivity index (χ2v) is 6.34. The van der Waals surface area contributed by atoms with Gasteiger partial charge in [-0.3, -0.25) is 14.5 Å². The van der Waals surface area contributed by atoms with Crippen molar-refractivity contribution in [2.75, 3.05) is 18.5 Å². The first-order valence-corrected chi connectivity index (χ1v) is 8.61. The predicted molar refractivity (Wildman–Crippen MR) is 93.3 cm³/mol. The average molecular weight is 464 g/mol. The number of aliphatic hydroxyl groups excluding tert-OH is 1. The molecule has 0 saturated carbocycles. The number of nitrogens with zero attached hydrogens (tertiary/aromatic N) is 1. The molecule has 2 aromatic carbocycles. The van der Waals surface area contributed by atoms with Gasteiger partial charge in [0.2, 0.25) is 0 Å². The fourth-order valence-electron chi connectivity index (χ4n) is 2.72. The van der Waals surface area contributed by atoms with E-state index in [1.807, 2.05) is 0 Å². The lowest BCUT2D eigenvalue weighted by molar-refractivity contribution is -0.138. The zero-order chi connectivity index (χ0) is 23.8. The molecule has 1 aliphatic heterocycles. The average Bonchev–Trinajstić information content (AvgIpc) is 2.93. The number of benzene rings is 2. The van der Waals surface area contributed by atoms with Gasteiger partial charge < -0.3 is 15.2 Å². The van der Waals surface area contributed by atoms with E-state index in [0.29, 0.717) is 17.0 Å². The molecular formula is C19H11F7N2O4. The van der Waals surface area contributed by atoms with Crippen molar-refractivity contribution in [3.8, 4) is 11.5 Å². The van der Waals surface area contributed by atoms with Crippen molar-refractivity contribution in [2.24, 2.45) is 0 Å². The number of β-amino-alcohol motifs (C(OH)–C–C–N with tert-alkyl or cyclic N) is 1. The fourth-order valence-corrected chi connectivity index (χ4v) is 2.72. The Morgan fingerprint density at radius 1 is 0.906 bits per heavy atom. The van der Waals surface area contributed by atoms with Crippen LogP contribution in [0.1, 0.15) is 5.56 Å². The van der Waals surface area contributed by atoms with Crippen LogP contribution >= 0.6 is 0 Å². The Balaban J connectivity index is 1.86. The molecule has 0 atom stereocenters. The number of halogens is 7. The van der Waals surface area contributed by atoms with Gasteiger partial charge in [-0.05, 0) is 12.1 Å². The van der Waals surface area contributed by atoms with Crippen LogP contribution in [0.4, 0.5) is 36.4 Å². The van der Waals surface area contributed by atoms with Crippen LogP contribution in [-0.4, -0.2) is 35.0 Å². The summed E-state index contributed by atoms with van der Waals surface area (Å²) in [7, 11) is 0. The highest BCUT2D eigenvalue weighted by Gasteiger charge is 2.34. The molecule has 1 heterocycles. The maximum absolute atomic E-state index is 14.3. The van der Waals surface area contributed by atoms with Gasteiger partial charge in [0, 0.05) is 23.9 Å². The number of hydrogen-bond donors (Lipinski definition) is 2. The van der Waals surface area contributed by atoms with E-state index in [1.165, 1.54) is 0 Å². The van der Waals surface area contributed by atoms with Crippen molar-refractivity contribution < 1.29 is 50.2 Å². The van der Waals surface area contributed by atoms with E-state index < -0.39 is 64.9 Å². The van der Waals surface area contributed by atoms with Gasteiger partial charge in [-0.2, -0.15) is 13.2 Å². The summed E-state index contributed by atoms with van der Waals surface area (Å²) in [4.78, 5) is 24.4. The Bertz CT molecular complexity index is 1090. The number of hydrogen-bond acceptors (Lipinski definition) is 5. The monoisotopic (exact) mass is 464 g/mol. The van der Waals surface area contributed by atoms with Crippen molar-refractivity contribution in [1.29, 1.82) is 0 Å². The quantitative estimate of drug-likeness (QED) is 0.504. The van der Waals surface area contributed by atoms with Crippen LogP contribution < -0.4 is 10.1 Å². The summed E-state index contributed by atoms with van der Waals surface area (Å²) >= 11 is 0. The van der Waals surface area contributed by atoms with E-state index in [4.69, 9.17) is 5.11 Å². The summed E-state index contributed by atoms with van der Waals surface area (Å²) in [5.74, 6) is -11.2. The van der Waals surface area contributed by atoms with Crippen LogP contribution in [0.15, 0.2) is 36.0 Å². The molecule has 0 aliphatic carbocycles. The first-order chi connectivity index (χ1) is 14.9. The number of carbonyl (C=O) groups excluding carboxylic acids is 2. The third-order valence-electron chi connectivity index (χ3n) is 4.14. The number of rotatable bonds is 6. The van der Waals surface area contributed by atoms with Crippen molar-refractivity contribution >= 4 is 17.5 Å². The molecule has 0 radical (unpaired) electrons. The molecule has 0 bridgehead atoms. The number of ether oxygens (including phenoxy) is 1. The third kappa shape index (κ3) is 4.51.